The molecule has 2 rings (SSSR count). The summed E-state index contributed by atoms with van der Waals surface area (Å²) in [4.78, 5) is 10.5. The fraction of sp³-hybridized carbons (Fsp3) is 0.545. The number of nitrogens with one attached hydrogen (secondary N) is 1. The number of nitriles is 1. The number of anilines is 1. The Hall–Kier alpha value is -1.67. The second-order valence-electron chi connectivity index (χ2n) is 4.18. The quantitative estimate of drug-likeness (QED) is 0.595. The van der Waals surface area contributed by atoms with Gasteiger partial charge in [0, 0.05) is 18.9 Å². The van der Waals surface area contributed by atoms with Gasteiger partial charge in [0.05, 0.1) is 0 Å². The minimum atomic E-state index is 0.371. The Balaban J connectivity index is 2.06. The van der Waals surface area contributed by atoms with Gasteiger partial charge in [0.15, 0.2) is 6.19 Å². The highest BCUT2D eigenvalue weighted by Gasteiger charge is 2.19. The predicted molar refractivity (Wildman–Crippen MR) is 60.7 cm³/mol. The molecule has 84 valence electrons. The van der Waals surface area contributed by atoms with Crippen molar-refractivity contribution in [1.82, 2.24) is 14.9 Å². The first-order valence-electron chi connectivity index (χ1n) is 5.45. The molecule has 1 aliphatic heterocycles. The Morgan fingerprint density at radius 1 is 1.50 bits per heavy atom. The van der Waals surface area contributed by atoms with E-state index in [1.54, 1.807) is 6.19 Å². The van der Waals surface area contributed by atoms with Gasteiger partial charge in [0.25, 0.3) is 0 Å². The molecule has 1 N–H and O–H groups in total. The number of hydrogen-bond donors (Lipinski definition) is 1. The topological polar surface area (TPSA) is 64.8 Å². The van der Waals surface area contributed by atoms with Gasteiger partial charge in [-0.1, -0.05) is 0 Å². The molecular formula is C11H15N5. The van der Waals surface area contributed by atoms with E-state index in [-0.39, 0.29) is 0 Å². The summed E-state index contributed by atoms with van der Waals surface area (Å²) in [7, 11) is 2.14. The maximum absolute atomic E-state index is 8.42. The van der Waals surface area contributed by atoms with E-state index in [1.165, 1.54) is 19.4 Å². The smallest absolute Gasteiger partial charge is 0.236 e. The summed E-state index contributed by atoms with van der Waals surface area (Å²) in [6.07, 6.45) is 7.85. The zero-order valence-corrected chi connectivity index (χ0v) is 9.35. The van der Waals surface area contributed by atoms with Gasteiger partial charge < -0.3 is 4.90 Å². The molecule has 1 aromatic heterocycles. The second kappa shape index (κ2) is 4.90. The normalized spacial score (nSPS) is 21.4. The average Bonchev–Trinajstić information content (AvgIpc) is 2.30. The third kappa shape index (κ3) is 2.47. The highest BCUT2D eigenvalue weighted by atomic mass is 15.1. The molecule has 1 unspecified atom stereocenters. The standard InChI is InChI=1S/C11H15N5/c1-16-4-2-3-9(7-16)10-5-13-11(14-6-10)15-8-12/h5-6,9H,2-4,7H2,1H3,(H,13,14,15). The first kappa shape index (κ1) is 10.8. The van der Waals surface area contributed by atoms with Gasteiger partial charge in [0.2, 0.25) is 5.95 Å². The molecular weight excluding hydrogens is 202 g/mol. The van der Waals surface area contributed by atoms with Crippen molar-refractivity contribution < 1.29 is 0 Å². The third-order valence-corrected chi connectivity index (χ3v) is 2.94. The maximum atomic E-state index is 8.42. The van der Waals surface area contributed by atoms with Crippen LogP contribution in [-0.2, 0) is 0 Å². The van der Waals surface area contributed by atoms with E-state index in [4.69, 9.17) is 5.26 Å². The highest BCUT2D eigenvalue weighted by molar-refractivity contribution is 5.30. The molecule has 0 radical (unpaired) electrons. The SMILES string of the molecule is CN1CCCC(c2cnc(NC#N)nc2)C1. The van der Waals surface area contributed by atoms with Crippen LogP contribution in [0.25, 0.3) is 0 Å². The minimum Gasteiger partial charge on any atom is -0.306 e. The Morgan fingerprint density at radius 2 is 2.25 bits per heavy atom. The number of likely N-dealkylation sites (N-methyl/N-ethyl adjacent to an activating group) is 1. The molecule has 0 aromatic carbocycles. The molecule has 0 bridgehead atoms. The largest absolute Gasteiger partial charge is 0.306 e. The van der Waals surface area contributed by atoms with Crippen molar-refractivity contribution in [3.63, 3.8) is 0 Å². The molecule has 0 spiro atoms. The fourth-order valence-electron chi connectivity index (χ4n) is 2.10. The van der Waals surface area contributed by atoms with Crippen molar-refractivity contribution >= 4 is 5.95 Å². The third-order valence-electron chi connectivity index (χ3n) is 2.94. The van der Waals surface area contributed by atoms with E-state index in [0.29, 0.717) is 11.9 Å². The van der Waals surface area contributed by atoms with Gasteiger partial charge in [-0.15, -0.1) is 0 Å². The summed E-state index contributed by atoms with van der Waals surface area (Å²) in [5.74, 6) is 0.894. The lowest BCUT2D eigenvalue weighted by Gasteiger charge is -2.29. The van der Waals surface area contributed by atoms with Crippen molar-refractivity contribution in [3.8, 4) is 6.19 Å². The van der Waals surface area contributed by atoms with Crippen LogP contribution in [0.3, 0.4) is 0 Å². The Morgan fingerprint density at radius 3 is 2.88 bits per heavy atom. The molecule has 1 aromatic rings. The number of rotatable bonds is 2. The van der Waals surface area contributed by atoms with Crippen LogP contribution in [0.15, 0.2) is 12.4 Å². The molecule has 5 heteroatoms. The fourth-order valence-corrected chi connectivity index (χ4v) is 2.10. The summed E-state index contributed by atoms with van der Waals surface area (Å²) in [6.45, 7) is 2.24. The van der Waals surface area contributed by atoms with E-state index in [1.807, 2.05) is 12.4 Å². The van der Waals surface area contributed by atoms with Crippen LogP contribution in [0.5, 0.6) is 0 Å². The summed E-state index contributed by atoms with van der Waals surface area (Å²) in [5.41, 5.74) is 1.16. The van der Waals surface area contributed by atoms with Gasteiger partial charge in [-0.05, 0) is 37.9 Å². The lowest BCUT2D eigenvalue weighted by molar-refractivity contribution is 0.250. The van der Waals surface area contributed by atoms with Gasteiger partial charge in [-0.2, -0.15) is 5.26 Å². The van der Waals surface area contributed by atoms with Gasteiger partial charge >= 0.3 is 0 Å². The van der Waals surface area contributed by atoms with Crippen LogP contribution < -0.4 is 5.32 Å². The molecule has 0 amide bonds. The number of nitrogens with zero attached hydrogens (tertiary/aromatic N) is 4. The van der Waals surface area contributed by atoms with E-state index < -0.39 is 0 Å². The molecule has 2 heterocycles. The molecule has 1 fully saturated rings. The van der Waals surface area contributed by atoms with Crippen molar-refractivity contribution in [2.45, 2.75) is 18.8 Å². The van der Waals surface area contributed by atoms with Gasteiger partial charge in [0.1, 0.15) is 0 Å². The number of likely N-dealkylation sites (tertiary alicyclic amines) is 1. The van der Waals surface area contributed by atoms with Crippen molar-refractivity contribution in [1.29, 1.82) is 5.26 Å². The zero-order chi connectivity index (χ0) is 11.4. The predicted octanol–water partition coefficient (Wildman–Crippen LogP) is 1.18. The van der Waals surface area contributed by atoms with Crippen molar-refractivity contribution in [2.24, 2.45) is 0 Å². The Kier molecular flexibility index (Phi) is 3.32. The lowest BCUT2D eigenvalue weighted by Crippen LogP contribution is -2.30. The molecule has 1 aliphatic rings. The van der Waals surface area contributed by atoms with Crippen LogP contribution in [0.4, 0.5) is 5.95 Å². The van der Waals surface area contributed by atoms with Crippen molar-refractivity contribution in [2.75, 3.05) is 25.5 Å². The Labute approximate surface area is 95.1 Å². The molecule has 0 saturated carbocycles. The monoisotopic (exact) mass is 217 g/mol. The molecule has 1 atom stereocenters. The average molecular weight is 217 g/mol. The van der Waals surface area contributed by atoms with Crippen LogP contribution >= 0.6 is 0 Å². The number of aromatic nitrogens is 2. The van der Waals surface area contributed by atoms with Crippen molar-refractivity contribution in [3.05, 3.63) is 18.0 Å². The van der Waals surface area contributed by atoms with E-state index in [9.17, 15) is 0 Å². The van der Waals surface area contributed by atoms with E-state index in [0.717, 1.165) is 12.1 Å². The summed E-state index contributed by atoms with van der Waals surface area (Å²) < 4.78 is 0. The second-order valence-corrected chi connectivity index (χ2v) is 4.18. The van der Waals surface area contributed by atoms with Crippen LogP contribution in [-0.4, -0.2) is 35.0 Å². The summed E-state index contributed by atoms with van der Waals surface area (Å²) in [5, 5.41) is 10.8. The molecule has 16 heavy (non-hydrogen) atoms. The lowest BCUT2D eigenvalue weighted by atomic mass is 9.93. The first-order chi connectivity index (χ1) is 7.79. The van der Waals surface area contributed by atoms with Crippen LogP contribution in [0.1, 0.15) is 24.3 Å². The number of piperidine rings is 1. The van der Waals surface area contributed by atoms with Crippen LogP contribution in [0, 0.1) is 11.5 Å². The summed E-state index contributed by atoms with van der Waals surface area (Å²) in [6, 6.07) is 0. The van der Waals surface area contributed by atoms with E-state index in [2.05, 4.69) is 27.2 Å². The van der Waals surface area contributed by atoms with Crippen LogP contribution in [0.2, 0.25) is 0 Å². The number of hydrogen-bond acceptors (Lipinski definition) is 5. The minimum absolute atomic E-state index is 0.371. The molecule has 0 aliphatic carbocycles. The van der Waals surface area contributed by atoms with Gasteiger partial charge in [-0.3, -0.25) is 5.32 Å². The summed E-state index contributed by atoms with van der Waals surface area (Å²) >= 11 is 0. The zero-order valence-electron chi connectivity index (χ0n) is 9.35. The molecule has 1 saturated heterocycles. The maximum Gasteiger partial charge on any atom is 0.236 e. The highest BCUT2D eigenvalue weighted by Crippen LogP contribution is 2.25. The Bertz CT molecular complexity index is 380. The first-order valence-corrected chi connectivity index (χ1v) is 5.45. The van der Waals surface area contributed by atoms with Gasteiger partial charge in [-0.25, -0.2) is 9.97 Å². The van der Waals surface area contributed by atoms with E-state index >= 15 is 0 Å². The molecule has 5 nitrogen and oxygen atoms in total.